The van der Waals surface area contributed by atoms with Gasteiger partial charge in [0.05, 0.1) is 5.69 Å². The highest BCUT2D eigenvalue weighted by Gasteiger charge is 2.11. The Hall–Kier alpha value is -2.51. The van der Waals surface area contributed by atoms with Crippen LogP contribution in [-0.2, 0) is 0 Å². The SMILES string of the molecule is Cc1ccc(NC(=O)c2ccc(C)o2)c(C#CCO)c1. The maximum atomic E-state index is 12.0. The average Bonchev–Trinajstić information content (AvgIpc) is 2.85. The number of rotatable bonds is 2. The molecule has 1 heterocycles. The second kappa shape index (κ2) is 6.09. The Morgan fingerprint density at radius 2 is 2.10 bits per heavy atom. The van der Waals surface area contributed by atoms with Crippen LogP contribution in [0.25, 0.3) is 0 Å². The molecule has 0 aliphatic heterocycles. The molecule has 0 aliphatic carbocycles. The Morgan fingerprint density at radius 3 is 2.75 bits per heavy atom. The minimum Gasteiger partial charge on any atom is -0.456 e. The van der Waals surface area contributed by atoms with Gasteiger partial charge in [0, 0.05) is 5.56 Å². The van der Waals surface area contributed by atoms with Gasteiger partial charge in [-0.25, -0.2) is 0 Å². The van der Waals surface area contributed by atoms with E-state index in [1.54, 1.807) is 25.1 Å². The molecule has 0 spiro atoms. The van der Waals surface area contributed by atoms with Crippen molar-refractivity contribution in [2.75, 3.05) is 11.9 Å². The summed E-state index contributed by atoms with van der Waals surface area (Å²) in [5.74, 6) is 6.01. The quantitative estimate of drug-likeness (QED) is 0.823. The van der Waals surface area contributed by atoms with E-state index in [-0.39, 0.29) is 18.3 Å². The van der Waals surface area contributed by atoms with Crippen LogP contribution >= 0.6 is 0 Å². The van der Waals surface area contributed by atoms with Crippen LogP contribution in [0.3, 0.4) is 0 Å². The second-order valence-electron chi connectivity index (χ2n) is 4.37. The van der Waals surface area contributed by atoms with E-state index in [0.717, 1.165) is 5.56 Å². The molecule has 4 heteroatoms. The van der Waals surface area contributed by atoms with E-state index in [0.29, 0.717) is 17.0 Å². The summed E-state index contributed by atoms with van der Waals surface area (Å²) in [7, 11) is 0. The third-order valence-electron chi connectivity index (χ3n) is 2.69. The Bertz CT molecular complexity index is 689. The van der Waals surface area contributed by atoms with Gasteiger partial charge in [0.25, 0.3) is 5.91 Å². The molecule has 4 nitrogen and oxygen atoms in total. The molecule has 1 amide bonds. The lowest BCUT2D eigenvalue weighted by atomic mass is 10.1. The molecule has 1 aromatic carbocycles. The summed E-state index contributed by atoms with van der Waals surface area (Å²) in [6.45, 7) is 3.49. The topological polar surface area (TPSA) is 62.5 Å². The molecule has 0 atom stereocenters. The van der Waals surface area contributed by atoms with Crippen molar-refractivity contribution in [1.82, 2.24) is 0 Å². The predicted octanol–water partition coefficient (Wildman–Crippen LogP) is 2.49. The Morgan fingerprint density at radius 1 is 1.30 bits per heavy atom. The highest BCUT2D eigenvalue weighted by atomic mass is 16.3. The van der Waals surface area contributed by atoms with E-state index in [2.05, 4.69) is 17.2 Å². The van der Waals surface area contributed by atoms with Gasteiger partial charge in [-0.15, -0.1) is 0 Å². The number of aliphatic hydroxyl groups is 1. The van der Waals surface area contributed by atoms with Crippen molar-refractivity contribution >= 4 is 11.6 Å². The first kappa shape index (κ1) is 13.9. The van der Waals surface area contributed by atoms with Gasteiger partial charge in [-0.1, -0.05) is 17.9 Å². The number of carbonyl (C=O) groups is 1. The third kappa shape index (κ3) is 3.28. The monoisotopic (exact) mass is 269 g/mol. The van der Waals surface area contributed by atoms with E-state index in [4.69, 9.17) is 9.52 Å². The first-order valence-electron chi connectivity index (χ1n) is 6.18. The van der Waals surface area contributed by atoms with Gasteiger partial charge in [0.2, 0.25) is 0 Å². The van der Waals surface area contributed by atoms with E-state index >= 15 is 0 Å². The van der Waals surface area contributed by atoms with Crippen molar-refractivity contribution in [3.63, 3.8) is 0 Å². The van der Waals surface area contributed by atoms with Gasteiger partial charge < -0.3 is 14.8 Å². The molecule has 0 fully saturated rings. The summed E-state index contributed by atoms with van der Waals surface area (Å²) in [6, 6.07) is 8.87. The van der Waals surface area contributed by atoms with Crippen molar-refractivity contribution < 1.29 is 14.3 Å². The summed E-state index contributed by atoms with van der Waals surface area (Å²) in [4.78, 5) is 12.0. The average molecular weight is 269 g/mol. The molecule has 0 saturated heterocycles. The summed E-state index contributed by atoms with van der Waals surface area (Å²) in [5.41, 5.74) is 2.28. The number of hydrogen-bond acceptors (Lipinski definition) is 3. The Labute approximate surface area is 117 Å². The highest BCUT2D eigenvalue weighted by Crippen LogP contribution is 2.18. The number of anilines is 1. The molecule has 2 aromatic rings. The number of nitrogens with one attached hydrogen (secondary N) is 1. The van der Waals surface area contributed by atoms with Crippen LogP contribution < -0.4 is 5.32 Å². The first-order valence-corrected chi connectivity index (χ1v) is 6.18. The van der Waals surface area contributed by atoms with Crippen LogP contribution in [0.4, 0.5) is 5.69 Å². The van der Waals surface area contributed by atoms with Gasteiger partial charge in [-0.3, -0.25) is 4.79 Å². The number of hydrogen-bond donors (Lipinski definition) is 2. The maximum Gasteiger partial charge on any atom is 0.291 e. The number of aryl methyl sites for hydroxylation is 2. The fraction of sp³-hybridized carbons (Fsp3) is 0.188. The lowest BCUT2D eigenvalue weighted by Crippen LogP contribution is -2.12. The van der Waals surface area contributed by atoms with E-state index in [1.165, 1.54) is 0 Å². The molecule has 1 aromatic heterocycles. The smallest absolute Gasteiger partial charge is 0.291 e. The molecule has 102 valence electrons. The molecule has 2 N–H and O–H groups in total. The fourth-order valence-corrected chi connectivity index (χ4v) is 1.75. The zero-order valence-electron chi connectivity index (χ0n) is 11.4. The second-order valence-corrected chi connectivity index (χ2v) is 4.37. The highest BCUT2D eigenvalue weighted by molar-refractivity contribution is 6.03. The molecule has 0 aliphatic rings. The van der Waals surface area contributed by atoms with E-state index in [1.807, 2.05) is 19.1 Å². The van der Waals surface area contributed by atoms with Gasteiger partial charge >= 0.3 is 0 Å². The summed E-state index contributed by atoms with van der Waals surface area (Å²) >= 11 is 0. The number of benzene rings is 1. The molecular weight excluding hydrogens is 254 g/mol. The van der Waals surface area contributed by atoms with Gasteiger partial charge in [0.1, 0.15) is 12.4 Å². The summed E-state index contributed by atoms with van der Waals surface area (Å²) in [6.07, 6.45) is 0. The van der Waals surface area contributed by atoms with Crippen LogP contribution in [-0.4, -0.2) is 17.6 Å². The molecule has 0 unspecified atom stereocenters. The van der Waals surface area contributed by atoms with E-state index < -0.39 is 0 Å². The first-order chi connectivity index (χ1) is 9.60. The van der Waals surface area contributed by atoms with Crippen LogP contribution in [0.2, 0.25) is 0 Å². The van der Waals surface area contributed by atoms with Gasteiger partial charge in [-0.2, -0.15) is 0 Å². The minimum atomic E-state index is -0.325. The number of aliphatic hydroxyl groups excluding tert-OH is 1. The van der Waals surface area contributed by atoms with Crippen LogP contribution in [0.1, 0.15) is 27.4 Å². The van der Waals surface area contributed by atoms with Crippen molar-refractivity contribution in [2.45, 2.75) is 13.8 Å². The van der Waals surface area contributed by atoms with Crippen LogP contribution in [0.5, 0.6) is 0 Å². The standard InChI is InChI=1S/C16H15NO3/c1-11-5-7-14(13(10-11)4-3-9-18)17-16(19)15-8-6-12(2)20-15/h5-8,10,18H,9H2,1-2H3,(H,17,19). The minimum absolute atomic E-state index is 0.224. The van der Waals surface area contributed by atoms with Gasteiger partial charge in [0.15, 0.2) is 5.76 Å². The lowest BCUT2D eigenvalue weighted by molar-refractivity contribution is 0.0995. The molecule has 20 heavy (non-hydrogen) atoms. The molecular formula is C16H15NO3. The van der Waals surface area contributed by atoms with Crippen molar-refractivity contribution in [3.05, 3.63) is 53.0 Å². The van der Waals surface area contributed by atoms with Crippen LogP contribution in [0, 0.1) is 25.7 Å². The normalized spacial score (nSPS) is 9.75. The maximum absolute atomic E-state index is 12.0. The number of furan rings is 1. The Balaban J connectivity index is 2.26. The Kier molecular flexibility index (Phi) is 4.24. The summed E-state index contributed by atoms with van der Waals surface area (Å²) in [5, 5.41) is 11.5. The van der Waals surface area contributed by atoms with Crippen molar-refractivity contribution in [1.29, 1.82) is 0 Å². The van der Waals surface area contributed by atoms with Crippen molar-refractivity contribution in [2.24, 2.45) is 0 Å². The molecule has 0 saturated carbocycles. The predicted molar refractivity (Wildman–Crippen MR) is 76.5 cm³/mol. The van der Waals surface area contributed by atoms with Crippen LogP contribution in [0.15, 0.2) is 34.7 Å². The number of amides is 1. The van der Waals surface area contributed by atoms with Gasteiger partial charge in [-0.05, 0) is 43.7 Å². The fourth-order valence-electron chi connectivity index (χ4n) is 1.75. The number of carbonyl (C=O) groups excluding carboxylic acids is 1. The third-order valence-corrected chi connectivity index (χ3v) is 2.69. The zero-order chi connectivity index (χ0) is 14.5. The van der Waals surface area contributed by atoms with Crippen molar-refractivity contribution in [3.8, 4) is 11.8 Å². The largest absolute Gasteiger partial charge is 0.456 e. The molecule has 0 bridgehead atoms. The summed E-state index contributed by atoms with van der Waals surface area (Å²) < 4.78 is 5.27. The lowest BCUT2D eigenvalue weighted by Gasteiger charge is -2.07. The molecule has 0 radical (unpaired) electrons. The zero-order valence-corrected chi connectivity index (χ0v) is 11.4. The van der Waals surface area contributed by atoms with E-state index in [9.17, 15) is 4.79 Å². The molecule has 2 rings (SSSR count).